The van der Waals surface area contributed by atoms with Gasteiger partial charge >= 0.3 is 0 Å². The molecule has 0 saturated heterocycles. The second-order valence-electron chi connectivity index (χ2n) is 4.82. The van der Waals surface area contributed by atoms with Gasteiger partial charge in [0.05, 0.1) is 11.4 Å². The standard InChI is InChI=1S/C14H12FN5/c15-10-5-1-2-6-12(10)18-13-9-4-3-7-11(9)19-14-16-8-17-20(13)14/h1-2,5-6,8,18H,3-4,7H2. The lowest BCUT2D eigenvalue weighted by atomic mass is 10.2. The van der Waals surface area contributed by atoms with E-state index in [4.69, 9.17) is 0 Å². The Kier molecular flexibility index (Phi) is 2.42. The summed E-state index contributed by atoms with van der Waals surface area (Å²) >= 11 is 0. The van der Waals surface area contributed by atoms with E-state index in [1.807, 2.05) is 0 Å². The Labute approximate surface area is 114 Å². The Morgan fingerprint density at radius 1 is 1.20 bits per heavy atom. The first-order valence-electron chi connectivity index (χ1n) is 6.56. The minimum atomic E-state index is -0.288. The molecule has 0 bridgehead atoms. The zero-order valence-electron chi connectivity index (χ0n) is 10.7. The first-order valence-corrected chi connectivity index (χ1v) is 6.56. The van der Waals surface area contributed by atoms with Gasteiger partial charge in [-0.15, -0.1) is 0 Å². The summed E-state index contributed by atoms with van der Waals surface area (Å²) in [6.07, 6.45) is 4.38. The van der Waals surface area contributed by atoms with Crippen LogP contribution in [0.2, 0.25) is 0 Å². The molecule has 0 spiro atoms. The van der Waals surface area contributed by atoms with E-state index in [0.717, 1.165) is 36.3 Å². The van der Waals surface area contributed by atoms with E-state index in [2.05, 4.69) is 20.4 Å². The molecule has 0 saturated carbocycles. The van der Waals surface area contributed by atoms with Gasteiger partial charge in [0.25, 0.3) is 5.78 Å². The van der Waals surface area contributed by atoms with Gasteiger partial charge in [-0.05, 0) is 31.4 Å². The summed E-state index contributed by atoms with van der Waals surface area (Å²) in [5.74, 6) is 1.03. The summed E-state index contributed by atoms with van der Waals surface area (Å²) in [6.45, 7) is 0. The van der Waals surface area contributed by atoms with Crippen LogP contribution >= 0.6 is 0 Å². The molecule has 0 unspecified atom stereocenters. The van der Waals surface area contributed by atoms with Crippen LogP contribution in [-0.4, -0.2) is 19.6 Å². The fourth-order valence-electron chi connectivity index (χ4n) is 2.64. The van der Waals surface area contributed by atoms with Crippen molar-refractivity contribution in [2.75, 3.05) is 5.32 Å². The lowest BCUT2D eigenvalue weighted by Gasteiger charge is -2.12. The summed E-state index contributed by atoms with van der Waals surface area (Å²) in [5, 5.41) is 7.33. The van der Waals surface area contributed by atoms with Crippen molar-refractivity contribution in [2.45, 2.75) is 19.3 Å². The highest BCUT2D eigenvalue weighted by Gasteiger charge is 2.21. The number of hydrogen-bond donors (Lipinski definition) is 1. The average Bonchev–Trinajstić information content (AvgIpc) is 3.09. The summed E-state index contributed by atoms with van der Waals surface area (Å²) in [5.41, 5.74) is 2.57. The molecule has 0 amide bonds. The molecule has 1 aliphatic rings. The average molecular weight is 269 g/mol. The van der Waals surface area contributed by atoms with Gasteiger partial charge < -0.3 is 5.32 Å². The van der Waals surface area contributed by atoms with Crippen LogP contribution in [0.5, 0.6) is 0 Å². The Hall–Kier alpha value is -2.50. The molecule has 0 radical (unpaired) electrons. The lowest BCUT2D eigenvalue weighted by Crippen LogP contribution is -2.07. The first kappa shape index (κ1) is 11.3. The number of benzene rings is 1. The molecule has 100 valence electrons. The third-order valence-electron chi connectivity index (χ3n) is 3.58. The van der Waals surface area contributed by atoms with E-state index in [1.165, 1.54) is 12.4 Å². The maximum absolute atomic E-state index is 13.8. The predicted octanol–water partition coefficient (Wildman–Crippen LogP) is 2.50. The summed E-state index contributed by atoms with van der Waals surface area (Å²) in [6, 6.07) is 6.61. The van der Waals surface area contributed by atoms with Gasteiger partial charge in [-0.25, -0.2) is 9.37 Å². The number of anilines is 2. The SMILES string of the molecule is Fc1ccccc1Nc1c2c(nc3ncnn13)CCC2. The Morgan fingerprint density at radius 3 is 3.00 bits per heavy atom. The van der Waals surface area contributed by atoms with E-state index in [-0.39, 0.29) is 5.82 Å². The quantitative estimate of drug-likeness (QED) is 0.776. The smallest absolute Gasteiger partial charge is 0.254 e. The van der Waals surface area contributed by atoms with Crippen molar-refractivity contribution in [2.24, 2.45) is 0 Å². The van der Waals surface area contributed by atoms with Crippen LogP contribution in [0.3, 0.4) is 0 Å². The number of hydrogen-bond acceptors (Lipinski definition) is 4. The summed E-state index contributed by atoms with van der Waals surface area (Å²) < 4.78 is 15.5. The molecule has 3 aromatic rings. The second-order valence-corrected chi connectivity index (χ2v) is 4.82. The normalized spacial score (nSPS) is 13.7. The maximum atomic E-state index is 13.8. The van der Waals surface area contributed by atoms with Crippen LogP contribution in [0, 0.1) is 5.82 Å². The molecule has 1 aliphatic carbocycles. The molecule has 4 rings (SSSR count). The summed E-state index contributed by atoms with van der Waals surface area (Å²) in [4.78, 5) is 8.62. The van der Waals surface area contributed by atoms with Gasteiger partial charge in [-0.1, -0.05) is 12.1 Å². The minimum Gasteiger partial charge on any atom is -0.337 e. The number of aromatic nitrogens is 4. The third-order valence-corrected chi connectivity index (χ3v) is 3.58. The van der Waals surface area contributed by atoms with Gasteiger partial charge in [0.1, 0.15) is 18.0 Å². The van der Waals surface area contributed by atoms with Gasteiger partial charge in [0, 0.05) is 5.56 Å². The molecule has 0 atom stereocenters. The Morgan fingerprint density at radius 2 is 2.10 bits per heavy atom. The predicted molar refractivity (Wildman–Crippen MR) is 72.5 cm³/mol. The highest BCUT2D eigenvalue weighted by atomic mass is 19.1. The van der Waals surface area contributed by atoms with Crippen molar-refractivity contribution in [3.63, 3.8) is 0 Å². The van der Waals surface area contributed by atoms with Gasteiger partial charge in [0.15, 0.2) is 0 Å². The molecular weight excluding hydrogens is 257 g/mol. The molecule has 20 heavy (non-hydrogen) atoms. The van der Waals surface area contributed by atoms with Crippen molar-refractivity contribution < 1.29 is 4.39 Å². The highest BCUT2D eigenvalue weighted by molar-refractivity contribution is 5.64. The van der Waals surface area contributed by atoms with Crippen molar-refractivity contribution in [1.29, 1.82) is 0 Å². The van der Waals surface area contributed by atoms with Gasteiger partial charge in [-0.2, -0.15) is 14.6 Å². The van der Waals surface area contributed by atoms with Gasteiger partial charge in [-0.3, -0.25) is 0 Å². The van der Waals surface area contributed by atoms with Crippen LogP contribution in [0.1, 0.15) is 17.7 Å². The fourth-order valence-corrected chi connectivity index (χ4v) is 2.64. The number of halogens is 1. The molecule has 6 heteroatoms. The molecule has 0 aliphatic heterocycles. The maximum Gasteiger partial charge on any atom is 0.254 e. The number of fused-ring (bicyclic) bond motifs is 2. The number of nitrogens with one attached hydrogen (secondary N) is 1. The van der Waals surface area contributed by atoms with Crippen molar-refractivity contribution in [3.8, 4) is 0 Å². The van der Waals surface area contributed by atoms with Crippen molar-refractivity contribution >= 4 is 17.3 Å². The van der Waals surface area contributed by atoms with Crippen LogP contribution in [0.15, 0.2) is 30.6 Å². The highest BCUT2D eigenvalue weighted by Crippen LogP contribution is 2.30. The van der Waals surface area contributed by atoms with Crippen molar-refractivity contribution in [3.05, 3.63) is 47.7 Å². The van der Waals surface area contributed by atoms with Gasteiger partial charge in [0.2, 0.25) is 0 Å². The van der Waals surface area contributed by atoms with Crippen LogP contribution in [-0.2, 0) is 12.8 Å². The summed E-state index contributed by atoms with van der Waals surface area (Å²) in [7, 11) is 0. The molecule has 1 N–H and O–H groups in total. The van der Waals surface area contributed by atoms with E-state index >= 15 is 0 Å². The Bertz CT molecular complexity index is 795. The molecule has 2 heterocycles. The topological polar surface area (TPSA) is 55.1 Å². The second kappa shape index (κ2) is 4.26. The van der Waals surface area contributed by atoms with Crippen LogP contribution < -0.4 is 5.32 Å². The van der Waals surface area contributed by atoms with Crippen LogP contribution in [0.4, 0.5) is 15.9 Å². The fraction of sp³-hybridized carbons (Fsp3) is 0.214. The third kappa shape index (κ3) is 1.65. The largest absolute Gasteiger partial charge is 0.337 e. The number of nitrogens with zero attached hydrogens (tertiary/aromatic N) is 4. The van der Waals surface area contributed by atoms with Crippen molar-refractivity contribution in [1.82, 2.24) is 19.6 Å². The number of aryl methyl sites for hydroxylation is 1. The molecule has 5 nitrogen and oxygen atoms in total. The zero-order valence-corrected chi connectivity index (χ0v) is 10.7. The van der Waals surface area contributed by atoms with E-state index < -0.39 is 0 Å². The Balaban J connectivity index is 1.91. The van der Waals surface area contributed by atoms with E-state index in [1.54, 1.807) is 22.7 Å². The number of rotatable bonds is 2. The molecule has 1 aromatic carbocycles. The van der Waals surface area contributed by atoms with E-state index in [0.29, 0.717) is 11.5 Å². The minimum absolute atomic E-state index is 0.288. The molecular formula is C14H12FN5. The first-order chi connectivity index (χ1) is 9.83. The lowest BCUT2D eigenvalue weighted by molar-refractivity contribution is 0.631. The number of para-hydroxylation sites is 1. The monoisotopic (exact) mass is 269 g/mol. The molecule has 2 aromatic heterocycles. The van der Waals surface area contributed by atoms with Crippen LogP contribution in [0.25, 0.3) is 5.78 Å². The van der Waals surface area contributed by atoms with E-state index in [9.17, 15) is 4.39 Å². The zero-order chi connectivity index (χ0) is 13.5. The molecule has 0 fully saturated rings.